The maximum Gasteiger partial charge on any atom is 0.264 e. The zero-order chi connectivity index (χ0) is 24.0. The summed E-state index contributed by atoms with van der Waals surface area (Å²) in [4.78, 5) is 12.4. The number of rotatable bonds is 9. The molecule has 0 fully saturated rings. The van der Waals surface area contributed by atoms with E-state index in [-0.39, 0.29) is 35.8 Å². The first-order chi connectivity index (χ1) is 15.7. The number of amides is 1. The average molecular weight is 471 g/mol. The summed E-state index contributed by atoms with van der Waals surface area (Å²) in [5, 5.41) is 2.79. The number of aryl methyl sites for hydroxylation is 1. The van der Waals surface area contributed by atoms with Gasteiger partial charge in [-0.15, -0.1) is 0 Å². The molecule has 1 atom stereocenters. The predicted octanol–water partition coefficient (Wildman–Crippen LogP) is 4.61. The summed E-state index contributed by atoms with van der Waals surface area (Å²) < 4.78 is 46.0. The van der Waals surface area contributed by atoms with Crippen molar-refractivity contribution in [2.75, 3.05) is 17.5 Å². The van der Waals surface area contributed by atoms with Gasteiger partial charge in [0.2, 0.25) is 0 Å². The Morgan fingerprint density at radius 1 is 1.00 bits per heavy atom. The van der Waals surface area contributed by atoms with Gasteiger partial charge in [0.05, 0.1) is 16.6 Å². The third-order valence-electron chi connectivity index (χ3n) is 5.14. The Morgan fingerprint density at radius 3 is 2.18 bits per heavy atom. The smallest absolute Gasteiger partial charge is 0.264 e. The summed E-state index contributed by atoms with van der Waals surface area (Å²) in [6.07, 6.45) is 0. The van der Waals surface area contributed by atoms with E-state index in [2.05, 4.69) is 5.32 Å². The Bertz CT molecular complexity index is 1180. The number of benzene rings is 3. The van der Waals surface area contributed by atoms with Gasteiger partial charge in [0.1, 0.15) is 11.6 Å². The van der Waals surface area contributed by atoms with E-state index in [1.54, 1.807) is 74.5 Å². The molecule has 3 rings (SSSR count). The fourth-order valence-corrected chi connectivity index (χ4v) is 4.78. The number of carbonyl (C=O) groups is 1. The van der Waals surface area contributed by atoms with E-state index >= 15 is 0 Å². The second-order valence-corrected chi connectivity index (χ2v) is 9.47. The molecule has 8 heteroatoms. The fraction of sp³-hybridized carbons (Fsp3) is 0.240. The molecule has 0 aliphatic carbocycles. The van der Waals surface area contributed by atoms with Crippen LogP contribution in [0.3, 0.4) is 0 Å². The summed E-state index contributed by atoms with van der Waals surface area (Å²) >= 11 is 0. The zero-order valence-corrected chi connectivity index (χ0v) is 19.6. The van der Waals surface area contributed by atoms with Gasteiger partial charge >= 0.3 is 0 Å². The van der Waals surface area contributed by atoms with E-state index in [9.17, 15) is 17.6 Å². The highest BCUT2D eigenvalue weighted by Gasteiger charge is 2.23. The van der Waals surface area contributed by atoms with E-state index in [1.165, 1.54) is 16.4 Å². The van der Waals surface area contributed by atoms with Crippen LogP contribution in [-0.4, -0.2) is 27.5 Å². The lowest BCUT2D eigenvalue weighted by atomic mass is 10.1. The summed E-state index contributed by atoms with van der Waals surface area (Å²) in [5.41, 5.74) is 2.26. The quantitative estimate of drug-likeness (QED) is 0.496. The molecular weight excluding hydrogens is 443 g/mol. The SMILES string of the molecule is CCN(c1ccc(OCC(=O)N[C@@H](C)c2ccc(F)cc2)cc1)S(=O)(=O)c1ccc(C)cc1. The van der Waals surface area contributed by atoms with Gasteiger partial charge in [0.25, 0.3) is 15.9 Å². The van der Waals surface area contributed by atoms with E-state index in [0.717, 1.165) is 11.1 Å². The highest BCUT2D eigenvalue weighted by molar-refractivity contribution is 7.92. The monoisotopic (exact) mass is 470 g/mol. The van der Waals surface area contributed by atoms with Gasteiger partial charge in [-0.1, -0.05) is 29.8 Å². The van der Waals surface area contributed by atoms with Crippen LogP contribution in [0.5, 0.6) is 5.75 Å². The van der Waals surface area contributed by atoms with Crippen molar-refractivity contribution < 1.29 is 22.3 Å². The molecule has 0 radical (unpaired) electrons. The van der Waals surface area contributed by atoms with Gasteiger partial charge in [-0.2, -0.15) is 0 Å². The van der Waals surface area contributed by atoms with Crippen LogP contribution in [0.25, 0.3) is 0 Å². The fourth-order valence-electron chi connectivity index (χ4n) is 3.30. The van der Waals surface area contributed by atoms with Gasteiger partial charge in [-0.3, -0.25) is 9.10 Å². The van der Waals surface area contributed by atoms with Crippen LogP contribution in [0.1, 0.15) is 31.0 Å². The number of sulfonamides is 1. The second-order valence-electron chi connectivity index (χ2n) is 7.61. The normalized spacial score (nSPS) is 12.1. The molecule has 174 valence electrons. The number of carbonyl (C=O) groups excluding carboxylic acids is 1. The van der Waals surface area contributed by atoms with Crippen LogP contribution in [0.15, 0.2) is 77.7 Å². The molecule has 0 aromatic heterocycles. The average Bonchev–Trinajstić information content (AvgIpc) is 2.79. The minimum Gasteiger partial charge on any atom is -0.484 e. The molecule has 1 N–H and O–H groups in total. The predicted molar refractivity (Wildman–Crippen MR) is 126 cm³/mol. The van der Waals surface area contributed by atoms with E-state index in [4.69, 9.17) is 4.74 Å². The molecule has 0 unspecified atom stereocenters. The van der Waals surface area contributed by atoms with Crippen molar-refractivity contribution in [2.24, 2.45) is 0 Å². The minimum absolute atomic E-state index is 0.204. The third-order valence-corrected chi connectivity index (χ3v) is 7.06. The lowest BCUT2D eigenvalue weighted by molar-refractivity contribution is -0.123. The van der Waals surface area contributed by atoms with Crippen molar-refractivity contribution in [1.82, 2.24) is 5.32 Å². The number of anilines is 1. The Hall–Kier alpha value is -3.39. The van der Waals surface area contributed by atoms with Crippen molar-refractivity contribution in [2.45, 2.75) is 31.7 Å². The molecule has 0 aliphatic heterocycles. The van der Waals surface area contributed by atoms with E-state index < -0.39 is 10.0 Å². The number of nitrogens with one attached hydrogen (secondary N) is 1. The Kier molecular flexibility index (Phi) is 7.71. The molecule has 6 nitrogen and oxygen atoms in total. The highest BCUT2D eigenvalue weighted by Crippen LogP contribution is 2.26. The number of hydrogen-bond acceptors (Lipinski definition) is 4. The van der Waals surface area contributed by atoms with Crippen molar-refractivity contribution in [3.05, 3.63) is 89.7 Å². The number of nitrogens with zero attached hydrogens (tertiary/aromatic N) is 1. The minimum atomic E-state index is -3.70. The second kappa shape index (κ2) is 10.5. The van der Waals surface area contributed by atoms with Crippen molar-refractivity contribution in [1.29, 1.82) is 0 Å². The molecular formula is C25H27FN2O4S. The van der Waals surface area contributed by atoms with Gasteiger partial charge in [-0.05, 0) is 74.9 Å². The first-order valence-electron chi connectivity index (χ1n) is 10.6. The number of ether oxygens (including phenoxy) is 1. The van der Waals surface area contributed by atoms with Gasteiger partial charge in [0.15, 0.2) is 6.61 Å². The topological polar surface area (TPSA) is 75.7 Å². The summed E-state index contributed by atoms with van der Waals surface area (Å²) in [7, 11) is -3.70. The molecule has 0 aliphatic rings. The van der Waals surface area contributed by atoms with Crippen LogP contribution in [-0.2, 0) is 14.8 Å². The summed E-state index contributed by atoms with van der Waals surface area (Å²) in [5.74, 6) is -0.225. The van der Waals surface area contributed by atoms with Gasteiger partial charge in [0, 0.05) is 6.54 Å². The zero-order valence-electron chi connectivity index (χ0n) is 18.8. The molecule has 3 aromatic carbocycles. The van der Waals surface area contributed by atoms with Crippen LogP contribution >= 0.6 is 0 Å². The van der Waals surface area contributed by atoms with Crippen LogP contribution in [0, 0.1) is 12.7 Å². The lowest BCUT2D eigenvalue weighted by Crippen LogP contribution is -2.31. The van der Waals surface area contributed by atoms with E-state index in [0.29, 0.717) is 11.4 Å². The number of halogens is 1. The van der Waals surface area contributed by atoms with E-state index in [1.807, 2.05) is 6.92 Å². The largest absolute Gasteiger partial charge is 0.484 e. The van der Waals surface area contributed by atoms with Gasteiger partial charge < -0.3 is 10.1 Å². The standard InChI is InChI=1S/C25H27FN2O4S/c1-4-28(33(30,31)24-15-5-18(2)6-16-24)22-11-13-23(14-12-22)32-17-25(29)27-19(3)20-7-9-21(26)10-8-20/h5-16,19H,4,17H2,1-3H3,(H,27,29)/t19-/m0/s1. The first kappa shape index (κ1) is 24.3. The lowest BCUT2D eigenvalue weighted by Gasteiger charge is -2.23. The maximum atomic E-state index is 13.0. The maximum absolute atomic E-state index is 13.0. The Balaban J connectivity index is 1.61. The van der Waals surface area contributed by atoms with Crippen molar-refractivity contribution >= 4 is 21.6 Å². The molecule has 0 saturated carbocycles. The summed E-state index contributed by atoms with van der Waals surface area (Å²) in [6.45, 7) is 5.52. The van der Waals surface area contributed by atoms with Crippen LogP contribution in [0.2, 0.25) is 0 Å². The third kappa shape index (κ3) is 6.10. The Morgan fingerprint density at radius 2 is 1.61 bits per heavy atom. The van der Waals surface area contributed by atoms with Crippen LogP contribution < -0.4 is 14.4 Å². The first-order valence-corrected chi connectivity index (χ1v) is 12.0. The van der Waals surface area contributed by atoms with Gasteiger partial charge in [-0.25, -0.2) is 12.8 Å². The van der Waals surface area contributed by atoms with Crippen molar-refractivity contribution in [3.8, 4) is 5.75 Å². The molecule has 0 saturated heterocycles. The van der Waals surface area contributed by atoms with Crippen LogP contribution in [0.4, 0.5) is 10.1 Å². The molecule has 0 spiro atoms. The molecule has 0 heterocycles. The van der Waals surface area contributed by atoms with Crippen molar-refractivity contribution in [3.63, 3.8) is 0 Å². The Labute approximate surface area is 194 Å². The molecule has 3 aromatic rings. The molecule has 0 bridgehead atoms. The molecule has 1 amide bonds. The molecule has 33 heavy (non-hydrogen) atoms. The summed E-state index contributed by atoms with van der Waals surface area (Å²) in [6, 6.07) is 18.9. The number of hydrogen-bond donors (Lipinski definition) is 1. The highest BCUT2D eigenvalue weighted by atomic mass is 32.2.